The van der Waals surface area contributed by atoms with Gasteiger partial charge >= 0.3 is 0 Å². The molecule has 4 rings (SSSR count). The molecule has 0 fully saturated rings. The number of thiophene rings is 1. The van der Waals surface area contributed by atoms with Crippen LogP contribution >= 0.6 is 11.3 Å². The maximum absolute atomic E-state index is 12.3. The molecule has 6 nitrogen and oxygen atoms in total. The summed E-state index contributed by atoms with van der Waals surface area (Å²) in [5.74, 6) is 0.425. The van der Waals surface area contributed by atoms with Gasteiger partial charge in [-0.05, 0) is 47.7 Å². The van der Waals surface area contributed by atoms with E-state index in [1.807, 2.05) is 41.8 Å². The Bertz CT molecular complexity index is 1090. The van der Waals surface area contributed by atoms with Crippen molar-refractivity contribution < 1.29 is 9.21 Å². The summed E-state index contributed by atoms with van der Waals surface area (Å²) in [6, 6.07) is 13.7. The number of carbonyl (C=O) groups excluding carboxylic acids is 1. The third-order valence-electron chi connectivity index (χ3n) is 4.31. The number of aryl methyl sites for hydroxylation is 2. The number of benzene rings is 1. The standard InChI is InChI=1S/C22H18N4O2S/c27-21(9-6-17-14-23-12-11-19(17)20-2-1-13-29-20)25-18-7-3-16(4-8-18)5-10-22-26-24-15-28-22/h1-4,6-9,11-15H,5,10H2,(H,25,27)/b9-6+. The van der Waals surface area contributed by atoms with Crippen molar-refractivity contribution in [3.05, 3.63) is 89.7 Å². The summed E-state index contributed by atoms with van der Waals surface area (Å²) >= 11 is 1.66. The first-order chi connectivity index (χ1) is 14.3. The van der Waals surface area contributed by atoms with Crippen molar-refractivity contribution in [3.8, 4) is 10.4 Å². The summed E-state index contributed by atoms with van der Waals surface area (Å²) in [6.07, 6.45) is 9.64. The highest BCUT2D eigenvalue weighted by atomic mass is 32.1. The van der Waals surface area contributed by atoms with E-state index in [-0.39, 0.29) is 5.91 Å². The predicted molar refractivity (Wildman–Crippen MR) is 113 cm³/mol. The van der Waals surface area contributed by atoms with E-state index in [1.54, 1.807) is 29.8 Å². The lowest BCUT2D eigenvalue weighted by Crippen LogP contribution is -2.07. The van der Waals surface area contributed by atoms with Gasteiger partial charge in [-0.3, -0.25) is 9.78 Å². The SMILES string of the molecule is O=C(/C=C/c1cnccc1-c1cccs1)Nc1ccc(CCc2nnco2)cc1. The Morgan fingerprint density at radius 2 is 2.03 bits per heavy atom. The highest BCUT2D eigenvalue weighted by Gasteiger charge is 2.05. The van der Waals surface area contributed by atoms with E-state index in [2.05, 4.69) is 26.6 Å². The zero-order valence-electron chi connectivity index (χ0n) is 15.5. The molecule has 0 bridgehead atoms. The van der Waals surface area contributed by atoms with Gasteiger partial charge in [-0.2, -0.15) is 0 Å². The van der Waals surface area contributed by atoms with Crippen LogP contribution in [0.3, 0.4) is 0 Å². The molecule has 0 spiro atoms. The molecule has 29 heavy (non-hydrogen) atoms. The number of aromatic nitrogens is 3. The minimum atomic E-state index is -0.190. The van der Waals surface area contributed by atoms with Crippen LogP contribution < -0.4 is 5.32 Å². The van der Waals surface area contributed by atoms with E-state index in [0.29, 0.717) is 12.3 Å². The molecule has 0 aliphatic heterocycles. The Kier molecular flexibility index (Phi) is 5.87. The van der Waals surface area contributed by atoms with Gasteiger partial charge in [-0.25, -0.2) is 0 Å². The topological polar surface area (TPSA) is 80.9 Å². The quantitative estimate of drug-likeness (QED) is 0.456. The van der Waals surface area contributed by atoms with E-state index in [1.165, 1.54) is 12.5 Å². The van der Waals surface area contributed by atoms with E-state index < -0.39 is 0 Å². The van der Waals surface area contributed by atoms with Crippen LogP contribution in [0.25, 0.3) is 16.5 Å². The number of carbonyl (C=O) groups is 1. The van der Waals surface area contributed by atoms with Crippen LogP contribution in [0.15, 0.2) is 77.1 Å². The average molecular weight is 402 g/mol. The molecule has 0 saturated carbocycles. The first-order valence-electron chi connectivity index (χ1n) is 9.09. The largest absolute Gasteiger partial charge is 0.428 e. The monoisotopic (exact) mass is 402 g/mol. The van der Waals surface area contributed by atoms with Gasteiger partial charge in [0.25, 0.3) is 0 Å². The zero-order valence-corrected chi connectivity index (χ0v) is 16.3. The van der Waals surface area contributed by atoms with Crippen molar-refractivity contribution >= 4 is 29.0 Å². The Hall–Kier alpha value is -3.58. The Labute approximate surface area is 172 Å². The normalized spacial score (nSPS) is 11.0. The van der Waals surface area contributed by atoms with Crippen molar-refractivity contribution in [2.45, 2.75) is 12.8 Å². The first kappa shape index (κ1) is 18.8. The number of hydrogen-bond donors (Lipinski definition) is 1. The molecular formula is C22H18N4O2S. The van der Waals surface area contributed by atoms with E-state index in [9.17, 15) is 4.79 Å². The summed E-state index contributed by atoms with van der Waals surface area (Å²) in [4.78, 5) is 17.6. The van der Waals surface area contributed by atoms with Gasteiger partial charge in [-0.15, -0.1) is 21.5 Å². The Balaban J connectivity index is 1.36. The van der Waals surface area contributed by atoms with Crippen molar-refractivity contribution in [1.29, 1.82) is 0 Å². The summed E-state index contributed by atoms with van der Waals surface area (Å²) < 4.78 is 5.14. The van der Waals surface area contributed by atoms with Crippen molar-refractivity contribution in [1.82, 2.24) is 15.2 Å². The predicted octanol–water partition coefficient (Wildman–Crippen LogP) is 4.63. The molecular weight excluding hydrogens is 384 g/mol. The fourth-order valence-corrected chi connectivity index (χ4v) is 3.63. The lowest BCUT2D eigenvalue weighted by Gasteiger charge is -2.05. The average Bonchev–Trinajstić information content (AvgIpc) is 3.46. The number of amides is 1. The summed E-state index contributed by atoms with van der Waals surface area (Å²) in [5.41, 5.74) is 3.84. The molecule has 1 aromatic carbocycles. The van der Waals surface area contributed by atoms with Gasteiger partial charge in [0.1, 0.15) is 0 Å². The molecule has 3 heterocycles. The van der Waals surface area contributed by atoms with Gasteiger partial charge in [-0.1, -0.05) is 18.2 Å². The van der Waals surface area contributed by atoms with Gasteiger partial charge in [0, 0.05) is 46.6 Å². The molecule has 1 amide bonds. The van der Waals surface area contributed by atoms with E-state index >= 15 is 0 Å². The first-order valence-corrected chi connectivity index (χ1v) is 9.97. The molecule has 0 radical (unpaired) electrons. The number of rotatable bonds is 7. The second-order valence-electron chi connectivity index (χ2n) is 6.29. The zero-order chi connectivity index (χ0) is 19.9. The number of nitrogens with zero attached hydrogens (tertiary/aromatic N) is 3. The molecule has 0 aliphatic carbocycles. The Morgan fingerprint density at radius 1 is 1.14 bits per heavy atom. The highest BCUT2D eigenvalue weighted by molar-refractivity contribution is 7.13. The highest BCUT2D eigenvalue weighted by Crippen LogP contribution is 2.28. The maximum atomic E-state index is 12.3. The van der Waals surface area contributed by atoms with Crippen LogP contribution in [0.1, 0.15) is 17.0 Å². The van der Waals surface area contributed by atoms with Crippen molar-refractivity contribution in [3.63, 3.8) is 0 Å². The number of nitrogens with one attached hydrogen (secondary N) is 1. The molecule has 0 atom stereocenters. The van der Waals surface area contributed by atoms with Gasteiger partial charge in [0.05, 0.1) is 0 Å². The van der Waals surface area contributed by atoms with Crippen molar-refractivity contribution in [2.75, 3.05) is 5.32 Å². The molecule has 7 heteroatoms. The summed E-state index contributed by atoms with van der Waals surface area (Å²) in [6.45, 7) is 0. The minimum absolute atomic E-state index is 0.190. The fourth-order valence-electron chi connectivity index (χ4n) is 2.86. The lowest BCUT2D eigenvalue weighted by molar-refractivity contribution is -0.111. The molecule has 0 saturated heterocycles. The van der Waals surface area contributed by atoms with Gasteiger partial charge in [0.15, 0.2) is 0 Å². The molecule has 144 valence electrons. The van der Waals surface area contributed by atoms with Crippen LogP contribution in [0, 0.1) is 0 Å². The molecule has 0 aliphatic rings. The number of anilines is 1. The van der Waals surface area contributed by atoms with Crippen LogP contribution in [-0.4, -0.2) is 21.1 Å². The fraction of sp³-hybridized carbons (Fsp3) is 0.0909. The molecule has 4 aromatic rings. The minimum Gasteiger partial charge on any atom is -0.428 e. The second-order valence-corrected chi connectivity index (χ2v) is 7.24. The molecule has 1 N–H and O–H groups in total. The third-order valence-corrected chi connectivity index (χ3v) is 5.21. The third kappa shape index (κ3) is 5.03. The summed E-state index contributed by atoms with van der Waals surface area (Å²) in [7, 11) is 0. The number of pyridine rings is 1. The summed E-state index contributed by atoms with van der Waals surface area (Å²) in [5, 5.41) is 12.4. The second kappa shape index (κ2) is 9.07. The van der Waals surface area contributed by atoms with Crippen molar-refractivity contribution in [2.24, 2.45) is 0 Å². The van der Waals surface area contributed by atoms with Crippen LogP contribution in [-0.2, 0) is 17.6 Å². The van der Waals surface area contributed by atoms with Crippen LogP contribution in [0.2, 0.25) is 0 Å². The molecule has 0 unspecified atom stereocenters. The van der Waals surface area contributed by atoms with Crippen LogP contribution in [0.4, 0.5) is 5.69 Å². The smallest absolute Gasteiger partial charge is 0.248 e. The van der Waals surface area contributed by atoms with E-state index in [0.717, 1.165) is 33.7 Å². The van der Waals surface area contributed by atoms with E-state index in [4.69, 9.17) is 4.42 Å². The number of hydrogen-bond acceptors (Lipinski definition) is 6. The van der Waals surface area contributed by atoms with Gasteiger partial charge < -0.3 is 9.73 Å². The maximum Gasteiger partial charge on any atom is 0.248 e. The Morgan fingerprint density at radius 3 is 2.79 bits per heavy atom. The van der Waals surface area contributed by atoms with Crippen LogP contribution in [0.5, 0.6) is 0 Å². The van der Waals surface area contributed by atoms with Gasteiger partial charge in [0.2, 0.25) is 18.2 Å². The lowest BCUT2D eigenvalue weighted by atomic mass is 10.1. The molecule has 3 aromatic heterocycles.